The van der Waals surface area contributed by atoms with Crippen LogP contribution < -0.4 is 0 Å². The van der Waals surface area contributed by atoms with E-state index in [9.17, 15) is 14.6 Å². The van der Waals surface area contributed by atoms with Crippen molar-refractivity contribution in [3.63, 3.8) is 0 Å². The lowest BCUT2D eigenvalue weighted by atomic mass is 9.92. The summed E-state index contributed by atoms with van der Waals surface area (Å²) in [6.45, 7) is 1.91. The highest BCUT2D eigenvalue weighted by molar-refractivity contribution is 5.99. The van der Waals surface area contributed by atoms with Crippen LogP contribution in [0.25, 0.3) is 28.1 Å². The van der Waals surface area contributed by atoms with E-state index in [1.807, 2.05) is 49.4 Å². The van der Waals surface area contributed by atoms with E-state index in [0.717, 1.165) is 46.1 Å². The van der Waals surface area contributed by atoms with Crippen molar-refractivity contribution < 1.29 is 14.6 Å². The van der Waals surface area contributed by atoms with Crippen molar-refractivity contribution in [2.45, 2.75) is 57.2 Å². The maximum absolute atomic E-state index is 13.6. The van der Waals surface area contributed by atoms with E-state index in [2.05, 4.69) is 6.07 Å². The molecule has 3 nitrogen and oxygen atoms in total. The van der Waals surface area contributed by atoms with Crippen LogP contribution in [0, 0.1) is 5.82 Å². The SMILES string of the molecule is CC[C@H](O)C[C@H](O)C/C=C/c1c(C2CC2)nc2ccccc2c1-c1ccc(F)cc1. The Labute approximate surface area is 176 Å². The number of aromatic nitrogens is 1. The molecule has 0 saturated heterocycles. The maximum Gasteiger partial charge on any atom is 0.123 e. The van der Waals surface area contributed by atoms with Crippen molar-refractivity contribution in [1.82, 2.24) is 4.98 Å². The van der Waals surface area contributed by atoms with Crippen LogP contribution in [0.2, 0.25) is 0 Å². The van der Waals surface area contributed by atoms with Gasteiger partial charge >= 0.3 is 0 Å². The second kappa shape index (κ2) is 9.07. The highest BCUT2D eigenvalue weighted by atomic mass is 19.1. The number of pyridine rings is 1. The van der Waals surface area contributed by atoms with Gasteiger partial charge in [0.2, 0.25) is 0 Å². The Morgan fingerprint density at radius 3 is 2.50 bits per heavy atom. The molecule has 1 saturated carbocycles. The molecule has 156 valence electrons. The van der Waals surface area contributed by atoms with E-state index in [-0.39, 0.29) is 5.82 Å². The molecule has 1 aromatic heterocycles. The fraction of sp³-hybridized carbons (Fsp3) is 0.346. The summed E-state index contributed by atoms with van der Waals surface area (Å²) in [7, 11) is 0. The van der Waals surface area contributed by atoms with Crippen molar-refractivity contribution in [2.24, 2.45) is 0 Å². The molecule has 2 N–H and O–H groups in total. The first kappa shape index (κ1) is 20.7. The van der Waals surface area contributed by atoms with Crippen LogP contribution in [0.3, 0.4) is 0 Å². The molecule has 0 amide bonds. The molecule has 0 spiro atoms. The zero-order valence-corrected chi connectivity index (χ0v) is 17.3. The van der Waals surface area contributed by atoms with E-state index in [1.165, 1.54) is 12.1 Å². The van der Waals surface area contributed by atoms with Gasteiger partial charge < -0.3 is 10.2 Å². The number of aliphatic hydroxyl groups excluding tert-OH is 2. The molecule has 0 radical (unpaired) electrons. The van der Waals surface area contributed by atoms with Crippen LogP contribution in [-0.4, -0.2) is 27.4 Å². The van der Waals surface area contributed by atoms with Gasteiger partial charge in [-0.3, -0.25) is 4.98 Å². The first-order valence-electron chi connectivity index (χ1n) is 10.8. The average Bonchev–Trinajstić information content (AvgIpc) is 3.59. The van der Waals surface area contributed by atoms with E-state index in [1.54, 1.807) is 0 Å². The van der Waals surface area contributed by atoms with Crippen LogP contribution in [-0.2, 0) is 0 Å². The first-order chi connectivity index (χ1) is 14.6. The van der Waals surface area contributed by atoms with Crippen LogP contribution >= 0.6 is 0 Å². The van der Waals surface area contributed by atoms with E-state index < -0.39 is 12.2 Å². The predicted octanol–water partition coefficient (Wildman–Crippen LogP) is 5.84. The number of halogens is 1. The van der Waals surface area contributed by atoms with Gasteiger partial charge in [0, 0.05) is 22.4 Å². The molecule has 0 unspecified atom stereocenters. The number of para-hydroxylation sites is 1. The van der Waals surface area contributed by atoms with E-state index in [4.69, 9.17) is 4.98 Å². The average molecular weight is 406 g/mol. The quantitative estimate of drug-likeness (QED) is 0.495. The zero-order valence-electron chi connectivity index (χ0n) is 17.3. The Balaban J connectivity index is 1.78. The van der Waals surface area contributed by atoms with Gasteiger partial charge in [-0.2, -0.15) is 0 Å². The Bertz CT molecular complexity index is 1040. The molecule has 1 fully saturated rings. The molecule has 3 aromatic rings. The van der Waals surface area contributed by atoms with E-state index in [0.29, 0.717) is 25.2 Å². The largest absolute Gasteiger partial charge is 0.393 e. The standard InChI is InChI=1S/C26H28FNO2/c1-2-20(29)16-21(30)6-5-8-23-25(17-12-14-19(27)15-13-17)22-7-3-4-9-24(22)28-26(23)18-10-11-18/h3-5,7-9,12-15,18,20-21,29-30H,2,6,10-11,16H2,1H3/b8-5+/t20-,21+/m0/s1. The summed E-state index contributed by atoms with van der Waals surface area (Å²) >= 11 is 0. The number of rotatable bonds is 8. The number of hydrogen-bond donors (Lipinski definition) is 2. The molecule has 1 aliphatic carbocycles. The van der Waals surface area contributed by atoms with Gasteiger partial charge in [0.25, 0.3) is 0 Å². The summed E-state index contributed by atoms with van der Waals surface area (Å²) in [5, 5.41) is 21.1. The van der Waals surface area contributed by atoms with Gasteiger partial charge in [-0.05, 0) is 55.9 Å². The maximum atomic E-state index is 13.6. The molecule has 4 heteroatoms. The normalized spacial score (nSPS) is 16.3. The summed E-state index contributed by atoms with van der Waals surface area (Å²) < 4.78 is 13.6. The molecule has 30 heavy (non-hydrogen) atoms. The Kier molecular flexibility index (Phi) is 6.26. The van der Waals surface area contributed by atoms with Crippen molar-refractivity contribution in [2.75, 3.05) is 0 Å². The van der Waals surface area contributed by atoms with Crippen molar-refractivity contribution in [3.05, 3.63) is 71.7 Å². The molecule has 1 heterocycles. The molecular formula is C26H28FNO2. The topological polar surface area (TPSA) is 53.4 Å². The molecular weight excluding hydrogens is 377 g/mol. The monoisotopic (exact) mass is 405 g/mol. The van der Waals surface area contributed by atoms with Crippen LogP contribution in [0.15, 0.2) is 54.6 Å². The Hall–Kier alpha value is -2.56. The first-order valence-corrected chi connectivity index (χ1v) is 10.8. The van der Waals surface area contributed by atoms with Gasteiger partial charge in [-0.25, -0.2) is 4.39 Å². The predicted molar refractivity (Wildman–Crippen MR) is 120 cm³/mol. The molecule has 2 atom stereocenters. The third-order valence-corrected chi connectivity index (χ3v) is 5.76. The molecule has 1 aliphatic rings. The van der Waals surface area contributed by atoms with E-state index >= 15 is 0 Å². The van der Waals surface area contributed by atoms with Crippen LogP contribution in [0.1, 0.15) is 56.2 Å². The minimum absolute atomic E-state index is 0.255. The highest BCUT2D eigenvalue weighted by Crippen LogP contribution is 2.45. The molecule has 0 bridgehead atoms. The summed E-state index contributed by atoms with van der Waals surface area (Å²) in [5.74, 6) is 0.189. The number of hydrogen-bond acceptors (Lipinski definition) is 3. The number of aliphatic hydroxyl groups is 2. The number of benzene rings is 2. The summed E-state index contributed by atoms with van der Waals surface area (Å²) in [4.78, 5) is 4.97. The summed E-state index contributed by atoms with van der Waals surface area (Å²) in [6.07, 6.45) is 6.69. The zero-order chi connectivity index (χ0) is 21.1. The van der Waals surface area contributed by atoms with Crippen LogP contribution in [0.5, 0.6) is 0 Å². The third kappa shape index (κ3) is 4.61. The van der Waals surface area contributed by atoms with Gasteiger partial charge in [0.05, 0.1) is 23.4 Å². The Morgan fingerprint density at radius 1 is 1.07 bits per heavy atom. The molecule has 2 aromatic carbocycles. The van der Waals surface area contributed by atoms with Gasteiger partial charge in [0.1, 0.15) is 5.82 Å². The second-order valence-corrected chi connectivity index (χ2v) is 8.17. The lowest BCUT2D eigenvalue weighted by Crippen LogP contribution is -2.15. The lowest BCUT2D eigenvalue weighted by molar-refractivity contribution is 0.0802. The van der Waals surface area contributed by atoms with Crippen LogP contribution in [0.4, 0.5) is 4.39 Å². The minimum Gasteiger partial charge on any atom is -0.393 e. The summed E-state index contributed by atoms with van der Waals surface area (Å²) in [6, 6.07) is 14.7. The molecule has 0 aliphatic heterocycles. The number of fused-ring (bicyclic) bond motifs is 1. The molecule has 4 rings (SSSR count). The lowest BCUT2D eigenvalue weighted by Gasteiger charge is -2.16. The number of nitrogens with zero attached hydrogens (tertiary/aromatic N) is 1. The van der Waals surface area contributed by atoms with Crippen molar-refractivity contribution in [3.8, 4) is 11.1 Å². The van der Waals surface area contributed by atoms with Gasteiger partial charge in [-0.1, -0.05) is 49.4 Å². The highest BCUT2D eigenvalue weighted by Gasteiger charge is 2.29. The van der Waals surface area contributed by atoms with Crippen molar-refractivity contribution in [1.29, 1.82) is 0 Å². The van der Waals surface area contributed by atoms with Gasteiger partial charge in [0.15, 0.2) is 0 Å². The Morgan fingerprint density at radius 2 is 1.80 bits per heavy atom. The van der Waals surface area contributed by atoms with Gasteiger partial charge in [-0.15, -0.1) is 0 Å². The minimum atomic E-state index is -0.580. The summed E-state index contributed by atoms with van der Waals surface area (Å²) in [5.41, 5.74) is 5.08. The fourth-order valence-corrected chi connectivity index (χ4v) is 3.93. The smallest absolute Gasteiger partial charge is 0.123 e. The third-order valence-electron chi connectivity index (χ3n) is 5.76. The second-order valence-electron chi connectivity index (χ2n) is 8.17. The van der Waals surface area contributed by atoms with Crippen molar-refractivity contribution >= 4 is 17.0 Å². The fourth-order valence-electron chi connectivity index (χ4n) is 3.93.